The van der Waals surface area contributed by atoms with E-state index in [0.29, 0.717) is 0 Å². The number of hydrogen-bond donors (Lipinski definition) is 1. The summed E-state index contributed by atoms with van der Waals surface area (Å²) in [6.07, 6.45) is 0.865. The van der Waals surface area contributed by atoms with Crippen molar-refractivity contribution < 1.29 is 4.74 Å². The van der Waals surface area contributed by atoms with Gasteiger partial charge in [-0.3, -0.25) is 0 Å². The van der Waals surface area contributed by atoms with Crippen LogP contribution in [0.2, 0.25) is 0 Å². The van der Waals surface area contributed by atoms with E-state index in [1.807, 2.05) is 31.2 Å². The summed E-state index contributed by atoms with van der Waals surface area (Å²) in [5.74, 6) is 0.926. The van der Waals surface area contributed by atoms with Gasteiger partial charge in [0.15, 0.2) is 0 Å². The van der Waals surface area contributed by atoms with Gasteiger partial charge >= 0.3 is 0 Å². The minimum atomic E-state index is 0. The lowest BCUT2D eigenvalue weighted by Crippen LogP contribution is -2.18. The molecule has 0 spiro atoms. The van der Waals surface area contributed by atoms with Crippen molar-refractivity contribution in [3.8, 4) is 5.75 Å². The number of halogens is 1. The van der Waals surface area contributed by atoms with Gasteiger partial charge < -0.3 is 10.5 Å². The van der Waals surface area contributed by atoms with Gasteiger partial charge in [-0.05, 0) is 25.0 Å². The van der Waals surface area contributed by atoms with Crippen LogP contribution in [0.25, 0.3) is 0 Å². The maximum absolute atomic E-state index is 5.69. The molecule has 1 atom stereocenters. The number of hydrogen-bond acceptors (Lipinski definition) is 2. The predicted molar refractivity (Wildman–Crippen MR) is 65.8 cm³/mol. The zero-order valence-electron chi connectivity index (χ0n) is 7.99. The summed E-state index contributed by atoms with van der Waals surface area (Å²) in [4.78, 5) is 0. The average Bonchev–Trinajstić information content (AvgIpc) is 2.04. The van der Waals surface area contributed by atoms with E-state index < -0.39 is 0 Å². The summed E-state index contributed by atoms with van der Waals surface area (Å²) >= 11 is 0. The molecule has 2 nitrogen and oxygen atoms in total. The van der Waals surface area contributed by atoms with Crippen LogP contribution in [0, 0.1) is 0 Å². The molecule has 13 heavy (non-hydrogen) atoms. The second-order valence-electron chi connectivity index (χ2n) is 2.99. The second-order valence-corrected chi connectivity index (χ2v) is 2.99. The van der Waals surface area contributed by atoms with E-state index in [1.54, 1.807) is 7.11 Å². The van der Waals surface area contributed by atoms with Crippen LogP contribution in [0.15, 0.2) is 24.3 Å². The van der Waals surface area contributed by atoms with E-state index in [2.05, 4.69) is 0 Å². The molecule has 0 saturated heterocycles. The lowest BCUT2D eigenvalue weighted by Gasteiger charge is -2.09. The maximum atomic E-state index is 5.69. The van der Waals surface area contributed by atoms with Gasteiger partial charge in [-0.15, -0.1) is 24.0 Å². The highest BCUT2D eigenvalue weighted by Gasteiger charge is 2.02. The smallest absolute Gasteiger partial charge is 0.122 e. The van der Waals surface area contributed by atoms with Gasteiger partial charge in [0.05, 0.1) is 7.11 Å². The van der Waals surface area contributed by atoms with Crippen molar-refractivity contribution >= 4 is 24.0 Å². The number of para-hydroxylation sites is 1. The van der Waals surface area contributed by atoms with Gasteiger partial charge in [0.25, 0.3) is 0 Å². The highest BCUT2D eigenvalue weighted by Crippen LogP contribution is 2.18. The molecule has 0 saturated carbocycles. The van der Waals surface area contributed by atoms with E-state index in [1.165, 1.54) is 5.56 Å². The van der Waals surface area contributed by atoms with Crippen molar-refractivity contribution in [2.24, 2.45) is 5.73 Å². The Balaban J connectivity index is 0.00000144. The first-order chi connectivity index (χ1) is 5.74. The molecule has 74 valence electrons. The summed E-state index contributed by atoms with van der Waals surface area (Å²) in [5.41, 5.74) is 6.87. The molecule has 0 bridgehead atoms. The normalized spacial score (nSPS) is 11.6. The number of rotatable bonds is 3. The highest BCUT2D eigenvalue weighted by molar-refractivity contribution is 14.0. The van der Waals surface area contributed by atoms with E-state index >= 15 is 0 Å². The Bertz CT molecular complexity index is 250. The molecule has 0 fully saturated rings. The third kappa shape index (κ3) is 3.95. The van der Waals surface area contributed by atoms with Crippen LogP contribution in [-0.2, 0) is 6.42 Å². The molecule has 0 aromatic heterocycles. The summed E-state index contributed by atoms with van der Waals surface area (Å²) in [7, 11) is 1.68. The van der Waals surface area contributed by atoms with Crippen LogP contribution in [0.5, 0.6) is 5.75 Å². The number of nitrogens with two attached hydrogens (primary N) is 1. The van der Waals surface area contributed by atoms with Gasteiger partial charge in [-0.1, -0.05) is 18.2 Å². The minimum absolute atomic E-state index is 0. The Labute approximate surface area is 96.5 Å². The Morgan fingerprint density at radius 1 is 1.38 bits per heavy atom. The number of ether oxygens (including phenoxy) is 1. The third-order valence-corrected chi connectivity index (χ3v) is 1.73. The third-order valence-electron chi connectivity index (χ3n) is 1.73. The van der Waals surface area contributed by atoms with Gasteiger partial charge in [0, 0.05) is 6.04 Å². The summed E-state index contributed by atoms with van der Waals surface area (Å²) in [5, 5.41) is 0. The molecule has 0 amide bonds. The molecule has 1 rings (SSSR count). The number of methoxy groups -OCH3 is 1. The number of benzene rings is 1. The fourth-order valence-electron chi connectivity index (χ4n) is 1.22. The molecule has 1 aromatic carbocycles. The van der Waals surface area contributed by atoms with Gasteiger partial charge in [-0.25, -0.2) is 0 Å². The Morgan fingerprint density at radius 3 is 2.54 bits per heavy atom. The molecule has 0 heterocycles. The quantitative estimate of drug-likeness (QED) is 0.867. The molecule has 3 heteroatoms. The molecular weight excluding hydrogens is 277 g/mol. The van der Waals surface area contributed by atoms with Crippen LogP contribution in [0.1, 0.15) is 12.5 Å². The van der Waals surface area contributed by atoms with Gasteiger partial charge in [-0.2, -0.15) is 0 Å². The van der Waals surface area contributed by atoms with Crippen molar-refractivity contribution in [2.75, 3.05) is 7.11 Å². The maximum Gasteiger partial charge on any atom is 0.122 e. The predicted octanol–water partition coefficient (Wildman–Crippen LogP) is 2.20. The van der Waals surface area contributed by atoms with Crippen molar-refractivity contribution in [1.29, 1.82) is 0 Å². The largest absolute Gasteiger partial charge is 0.496 e. The van der Waals surface area contributed by atoms with Crippen LogP contribution in [0.3, 0.4) is 0 Å². The fourth-order valence-corrected chi connectivity index (χ4v) is 1.22. The Morgan fingerprint density at radius 2 is 2.00 bits per heavy atom. The highest BCUT2D eigenvalue weighted by atomic mass is 127. The first kappa shape index (κ1) is 12.7. The van der Waals surface area contributed by atoms with Crippen molar-refractivity contribution in [1.82, 2.24) is 0 Å². The van der Waals surface area contributed by atoms with E-state index in [9.17, 15) is 0 Å². The van der Waals surface area contributed by atoms with Crippen molar-refractivity contribution in [3.05, 3.63) is 29.8 Å². The molecule has 0 aliphatic rings. The Hall–Kier alpha value is -0.290. The fraction of sp³-hybridized carbons (Fsp3) is 0.400. The van der Waals surface area contributed by atoms with Crippen molar-refractivity contribution in [2.45, 2.75) is 19.4 Å². The molecule has 2 N–H and O–H groups in total. The van der Waals surface area contributed by atoms with Crippen LogP contribution in [-0.4, -0.2) is 13.2 Å². The molecular formula is C10H16INO. The lowest BCUT2D eigenvalue weighted by atomic mass is 10.1. The van der Waals surface area contributed by atoms with Gasteiger partial charge in [0.1, 0.15) is 5.75 Å². The zero-order chi connectivity index (χ0) is 8.97. The molecule has 0 aliphatic carbocycles. The standard InChI is InChI=1S/C10H15NO.HI/c1-8(11)7-9-5-3-4-6-10(9)12-2;/h3-6,8H,7,11H2,1-2H3;1H. The minimum Gasteiger partial charge on any atom is -0.496 e. The Kier molecular flexibility index (Phi) is 6.07. The van der Waals surface area contributed by atoms with Crippen LogP contribution in [0.4, 0.5) is 0 Å². The first-order valence-corrected chi connectivity index (χ1v) is 4.11. The zero-order valence-corrected chi connectivity index (χ0v) is 10.3. The summed E-state index contributed by atoms with van der Waals surface area (Å²) in [6.45, 7) is 1.99. The molecule has 1 aromatic rings. The van der Waals surface area contributed by atoms with Crippen LogP contribution < -0.4 is 10.5 Å². The van der Waals surface area contributed by atoms with E-state index in [-0.39, 0.29) is 30.0 Å². The van der Waals surface area contributed by atoms with E-state index in [4.69, 9.17) is 10.5 Å². The van der Waals surface area contributed by atoms with Gasteiger partial charge in [0.2, 0.25) is 0 Å². The van der Waals surface area contributed by atoms with Crippen molar-refractivity contribution in [3.63, 3.8) is 0 Å². The molecule has 0 radical (unpaired) electrons. The second kappa shape index (κ2) is 6.21. The first-order valence-electron chi connectivity index (χ1n) is 4.11. The topological polar surface area (TPSA) is 35.2 Å². The summed E-state index contributed by atoms with van der Waals surface area (Å²) < 4.78 is 5.19. The summed E-state index contributed by atoms with van der Waals surface area (Å²) in [6, 6.07) is 8.14. The van der Waals surface area contributed by atoms with E-state index in [0.717, 1.165) is 12.2 Å². The van der Waals surface area contributed by atoms with Crippen LogP contribution >= 0.6 is 24.0 Å². The molecule has 0 aliphatic heterocycles. The lowest BCUT2D eigenvalue weighted by molar-refractivity contribution is 0.408. The average molecular weight is 293 g/mol. The SMILES string of the molecule is COc1ccccc1CC(C)N.I. The monoisotopic (exact) mass is 293 g/mol. The molecule has 1 unspecified atom stereocenters.